The first-order valence-electron chi connectivity index (χ1n) is 5.65. The molecule has 0 bridgehead atoms. The van der Waals surface area contributed by atoms with Gasteiger partial charge in [-0.3, -0.25) is 5.84 Å². The predicted octanol–water partition coefficient (Wildman–Crippen LogP) is 2.30. The molecule has 1 aromatic carbocycles. The number of nitrogens with one attached hydrogen (secondary N) is 1. The normalized spacial score (nSPS) is 12.4. The van der Waals surface area contributed by atoms with E-state index in [9.17, 15) is 0 Å². The van der Waals surface area contributed by atoms with Gasteiger partial charge in [-0.15, -0.1) is 0 Å². The summed E-state index contributed by atoms with van der Waals surface area (Å²) in [4.78, 5) is 0. The van der Waals surface area contributed by atoms with Gasteiger partial charge in [-0.1, -0.05) is 29.8 Å². The van der Waals surface area contributed by atoms with Crippen molar-refractivity contribution in [2.24, 2.45) is 5.84 Å². The van der Waals surface area contributed by atoms with Crippen LogP contribution in [0.1, 0.15) is 28.6 Å². The minimum atomic E-state index is -0.187. The van der Waals surface area contributed by atoms with Crippen LogP contribution in [0.2, 0.25) is 5.02 Å². The summed E-state index contributed by atoms with van der Waals surface area (Å²) in [6.45, 7) is 3.80. The molecule has 0 radical (unpaired) electrons. The number of rotatable bonds is 3. The van der Waals surface area contributed by atoms with Crippen molar-refractivity contribution < 1.29 is 0 Å². The molecule has 2 aromatic rings. The Hall–Kier alpha value is -1.49. The maximum absolute atomic E-state index is 6.21. The molecule has 0 amide bonds. The van der Waals surface area contributed by atoms with Gasteiger partial charge in [-0.05, 0) is 37.1 Å². The Morgan fingerprint density at radius 2 is 1.89 bits per heavy atom. The summed E-state index contributed by atoms with van der Waals surface area (Å²) in [7, 11) is 0. The van der Waals surface area contributed by atoms with E-state index in [0.717, 1.165) is 22.5 Å². The fraction of sp³-hybridized carbons (Fsp3) is 0.231. The number of hydrazine groups is 1. The fourth-order valence-electron chi connectivity index (χ4n) is 1.92. The Morgan fingerprint density at radius 3 is 2.56 bits per heavy atom. The number of benzene rings is 1. The first kappa shape index (κ1) is 13.0. The number of aryl methyl sites for hydroxylation is 2. The van der Waals surface area contributed by atoms with Crippen molar-refractivity contribution in [3.8, 4) is 0 Å². The summed E-state index contributed by atoms with van der Waals surface area (Å²) < 4.78 is 0. The van der Waals surface area contributed by atoms with Crippen LogP contribution in [0.25, 0.3) is 0 Å². The second-order valence-corrected chi connectivity index (χ2v) is 4.55. The Bertz CT molecular complexity index is 556. The van der Waals surface area contributed by atoms with Gasteiger partial charge in [0.05, 0.1) is 17.4 Å². The number of hydrogen-bond acceptors (Lipinski definition) is 4. The molecule has 0 spiro atoms. The number of halogens is 1. The van der Waals surface area contributed by atoms with Crippen molar-refractivity contribution in [1.82, 2.24) is 15.6 Å². The SMILES string of the molecule is Cc1cc(C(NN)c2ccccc2Cl)c(C)nn1. The Kier molecular flexibility index (Phi) is 3.91. The highest BCUT2D eigenvalue weighted by molar-refractivity contribution is 6.31. The van der Waals surface area contributed by atoms with Crippen LogP contribution in [-0.2, 0) is 0 Å². The van der Waals surface area contributed by atoms with E-state index in [2.05, 4.69) is 15.6 Å². The number of aromatic nitrogens is 2. The summed E-state index contributed by atoms with van der Waals surface area (Å²) in [6, 6.07) is 9.40. The molecule has 0 fully saturated rings. The highest BCUT2D eigenvalue weighted by Gasteiger charge is 2.18. The van der Waals surface area contributed by atoms with Gasteiger partial charge in [-0.25, -0.2) is 5.43 Å². The standard InChI is InChI=1S/C13H15ClN4/c1-8-7-11(9(2)18-17-8)13(16-15)10-5-3-4-6-12(10)14/h3-7,13,16H,15H2,1-2H3. The predicted molar refractivity (Wildman–Crippen MR) is 72.1 cm³/mol. The lowest BCUT2D eigenvalue weighted by Gasteiger charge is -2.19. The Labute approximate surface area is 111 Å². The van der Waals surface area contributed by atoms with Crippen molar-refractivity contribution in [1.29, 1.82) is 0 Å². The average Bonchev–Trinajstić information content (AvgIpc) is 2.36. The van der Waals surface area contributed by atoms with Crippen molar-refractivity contribution in [2.75, 3.05) is 0 Å². The van der Waals surface area contributed by atoms with Gasteiger partial charge in [0.2, 0.25) is 0 Å². The average molecular weight is 263 g/mol. The van der Waals surface area contributed by atoms with Crippen LogP contribution in [0.15, 0.2) is 30.3 Å². The summed E-state index contributed by atoms with van der Waals surface area (Å²) in [5.41, 5.74) is 6.39. The largest absolute Gasteiger partial charge is 0.271 e. The maximum atomic E-state index is 6.21. The first-order chi connectivity index (χ1) is 8.63. The number of hydrogen-bond donors (Lipinski definition) is 2. The van der Waals surface area contributed by atoms with E-state index in [1.165, 1.54) is 0 Å². The third-order valence-electron chi connectivity index (χ3n) is 2.83. The number of nitrogens with zero attached hydrogens (tertiary/aromatic N) is 2. The van der Waals surface area contributed by atoms with Crippen LogP contribution in [0.3, 0.4) is 0 Å². The number of nitrogens with two attached hydrogens (primary N) is 1. The van der Waals surface area contributed by atoms with Crippen molar-refractivity contribution >= 4 is 11.6 Å². The van der Waals surface area contributed by atoms with Crippen LogP contribution in [0.5, 0.6) is 0 Å². The summed E-state index contributed by atoms with van der Waals surface area (Å²) in [5.74, 6) is 5.67. The van der Waals surface area contributed by atoms with Gasteiger partial charge in [0.1, 0.15) is 0 Å². The highest BCUT2D eigenvalue weighted by atomic mass is 35.5. The molecule has 0 aliphatic heterocycles. The topological polar surface area (TPSA) is 63.8 Å². The second-order valence-electron chi connectivity index (χ2n) is 4.15. The zero-order valence-electron chi connectivity index (χ0n) is 10.3. The Balaban J connectivity index is 2.52. The molecule has 4 nitrogen and oxygen atoms in total. The van der Waals surface area contributed by atoms with Gasteiger partial charge in [0, 0.05) is 5.02 Å². The first-order valence-corrected chi connectivity index (χ1v) is 6.02. The van der Waals surface area contributed by atoms with Crippen LogP contribution < -0.4 is 11.3 Å². The minimum absolute atomic E-state index is 0.187. The van der Waals surface area contributed by atoms with Gasteiger partial charge >= 0.3 is 0 Å². The summed E-state index contributed by atoms with van der Waals surface area (Å²) in [6.07, 6.45) is 0. The van der Waals surface area contributed by atoms with Crippen molar-refractivity contribution in [3.05, 3.63) is 57.9 Å². The molecule has 1 atom stereocenters. The molecule has 0 saturated carbocycles. The quantitative estimate of drug-likeness (QED) is 0.658. The van der Waals surface area contributed by atoms with Crippen LogP contribution in [0.4, 0.5) is 0 Å². The fourth-order valence-corrected chi connectivity index (χ4v) is 2.16. The molecule has 3 N–H and O–H groups in total. The van der Waals surface area contributed by atoms with E-state index in [1.807, 2.05) is 44.2 Å². The van der Waals surface area contributed by atoms with Crippen molar-refractivity contribution in [3.63, 3.8) is 0 Å². The van der Waals surface area contributed by atoms with Gasteiger partial charge < -0.3 is 0 Å². The molecule has 1 unspecified atom stereocenters. The van der Waals surface area contributed by atoms with E-state index in [-0.39, 0.29) is 6.04 Å². The zero-order valence-corrected chi connectivity index (χ0v) is 11.1. The third-order valence-corrected chi connectivity index (χ3v) is 3.18. The Morgan fingerprint density at radius 1 is 1.17 bits per heavy atom. The lowest BCUT2D eigenvalue weighted by atomic mass is 9.98. The zero-order chi connectivity index (χ0) is 13.1. The highest BCUT2D eigenvalue weighted by Crippen LogP contribution is 2.28. The van der Waals surface area contributed by atoms with E-state index in [1.54, 1.807) is 0 Å². The molecular formula is C13H15ClN4. The molecule has 1 aromatic heterocycles. The maximum Gasteiger partial charge on any atom is 0.0743 e. The molecule has 0 aliphatic carbocycles. The van der Waals surface area contributed by atoms with Gasteiger partial charge in [0.25, 0.3) is 0 Å². The van der Waals surface area contributed by atoms with Gasteiger partial charge in [0.15, 0.2) is 0 Å². The molecular weight excluding hydrogens is 248 g/mol. The molecule has 5 heteroatoms. The minimum Gasteiger partial charge on any atom is -0.271 e. The van der Waals surface area contributed by atoms with Crippen LogP contribution in [0, 0.1) is 13.8 Å². The lowest BCUT2D eigenvalue weighted by molar-refractivity contribution is 0.626. The lowest BCUT2D eigenvalue weighted by Crippen LogP contribution is -2.30. The second kappa shape index (κ2) is 5.44. The van der Waals surface area contributed by atoms with E-state index in [4.69, 9.17) is 17.4 Å². The molecule has 0 saturated heterocycles. The van der Waals surface area contributed by atoms with Crippen LogP contribution in [-0.4, -0.2) is 10.2 Å². The summed E-state index contributed by atoms with van der Waals surface area (Å²) in [5, 5.41) is 8.81. The molecule has 18 heavy (non-hydrogen) atoms. The van der Waals surface area contributed by atoms with E-state index in [0.29, 0.717) is 5.02 Å². The summed E-state index contributed by atoms with van der Waals surface area (Å²) >= 11 is 6.21. The van der Waals surface area contributed by atoms with Crippen LogP contribution >= 0.6 is 11.6 Å². The van der Waals surface area contributed by atoms with Gasteiger partial charge in [-0.2, -0.15) is 10.2 Å². The smallest absolute Gasteiger partial charge is 0.0743 e. The third kappa shape index (κ3) is 2.51. The molecule has 2 rings (SSSR count). The molecule has 1 heterocycles. The van der Waals surface area contributed by atoms with E-state index < -0.39 is 0 Å². The van der Waals surface area contributed by atoms with Crippen molar-refractivity contribution in [2.45, 2.75) is 19.9 Å². The molecule has 0 aliphatic rings. The van der Waals surface area contributed by atoms with E-state index >= 15 is 0 Å². The monoisotopic (exact) mass is 262 g/mol. The molecule has 94 valence electrons.